The van der Waals surface area contributed by atoms with Crippen molar-refractivity contribution in [3.05, 3.63) is 101 Å². The smallest absolute Gasteiger partial charge is 0.253 e. The highest BCUT2D eigenvalue weighted by Gasteiger charge is 2.19. The number of amides is 1. The van der Waals surface area contributed by atoms with Gasteiger partial charge >= 0.3 is 0 Å². The van der Waals surface area contributed by atoms with Crippen molar-refractivity contribution in [1.29, 1.82) is 0 Å². The van der Waals surface area contributed by atoms with Crippen LogP contribution in [0.1, 0.15) is 40.2 Å². The van der Waals surface area contributed by atoms with Crippen LogP contribution in [-0.4, -0.2) is 45.8 Å². The first-order valence-corrected chi connectivity index (χ1v) is 12.8. The molecule has 1 saturated heterocycles. The lowest BCUT2D eigenvalue weighted by Crippen LogP contribution is -2.27. The third kappa shape index (κ3) is 5.41. The van der Waals surface area contributed by atoms with E-state index >= 15 is 0 Å². The minimum Gasteiger partial charge on any atom is -0.497 e. The maximum Gasteiger partial charge on any atom is 0.253 e. The highest BCUT2D eigenvalue weighted by atomic mass is 32.2. The summed E-state index contributed by atoms with van der Waals surface area (Å²) < 4.78 is 7.45. The largest absolute Gasteiger partial charge is 0.497 e. The second-order valence-corrected chi connectivity index (χ2v) is 9.52. The summed E-state index contributed by atoms with van der Waals surface area (Å²) in [5, 5.41) is 9.89. The van der Waals surface area contributed by atoms with Gasteiger partial charge in [-0.2, -0.15) is 0 Å². The predicted octanol–water partition coefficient (Wildman–Crippen LogP) is 5.40. The average Bonchev–Trinajstić information content (AvgIpc) is 3.59. The molecule has 0 spiro atoms. The Morgan fingerprint density at radius 1 is 0.886 bits per heavy atom. The minimum atomic E-state index is 0.131. The summed E-state index contributed by atoms with van der Waals surface area (Å²) in [6.45, 7) is 1.73. The lowest BCUT2D eigenvalue weighted by molar-refractivity contribution is 0.0793. The van der Waals surface area contributed by atoms with Crippen molar-refractivity contribution in [1.82, 2.24) is 19.7 Å². The molecule has 1 aliphatic rings. The van der Waals surface area contributed by atoms with Crippen LogP contribution in [0.4, 0.5) is 0 Å². The number of methoxy groups -OCH3 is 1. The summed E-state index contributed by atoms with van der Waals surface area (Å²) in [5.41, 5.74) is 4.08. The minimum absolute atomic E-state index is 0.131. The van der Waals surface area contributed by atoms with Crippen molar-refractivity contribution in [2.45, 2.75) is 30.2 Å². The van der Waals surface area contributed by atoms with Crippen molar-refractivity contribution in [3.63, 3.8) is 0 Å². The van der Waals surface area contributed by atoms with E-state index in [1.54, 1.807) is 18.9 Å². The number of likely N-dealkylation sites (tertiary alicyclic amines) is 1. The summed E-state index contributed by atoms with van der Waals surface area (Å²) in [5.74, 6) is 2.56. The SMILES string of the molecule is COc1ccc(-n2c(Cc3ccccc3)nnc2SCc2ccc(C(=O)N3CCCC3)cc2)cc1. The van der Waals surface area contributed by atoms with Gasteiger partial charge in [0.25, 0.3) is 5.91 Å². The fraction of sp³-hybridized carbons (Fsp3) is 0.250. The number of hydrogen-bond donors (Lipinski definition) is 0. The van der Waals surface area contributed by atoms with Crippen LogP contribution in [0.25, 0.3) is 5.69 Å². The normalized spacial score (nSPS) is 13.2. The van der Waals surface area contributed by atoms with Crippen LogP contribution in [0.15, 0.2) is 84.0 Å². The van der Waals surface area contributed by atoms with Crippen molar-refractivity contribution >= 4 is 17.7 Å². The Bertz CT molecular complexity index is 1260. The van der Waals surface area contributed by atoms with Crippen LogP contribution >= 0.6 is 11.8 Å². The number of thioether (sulfide) groups is 1. The van der Waals surface area contributed by atoms with E-state index in [1.807, 2.05) is 71.6 Å². The van der Waals surface area contributed by atoms with E-state index in [2.05, 4.69) is 26.9 Å². The van der Waals surface area contributed by atoms with E-state index in [-0.39, 0.29) is 5.91 Å². The molecule has 5 rings (SSSR count). The second kappa shape index (κ2) is 10.8. The van der Waals surface area contributed by atoms with Gasteiger partial charge in [0, 0.05) is 36.5 Å². The molecule has 1 aliphatic heterocycles. The molecule has 0 aliphatic carbocycles. The molecule has 0 unspecified atom stereocenters. The second-order valence-electron chi connectivity index (χ2n) is 8.58. The third-order valence-corrected chi connectivity index (χ3v) is 7.20. The van der Waals surface area contributed by atoms with Gasteiger partial charge in [-0.15, -0.1) is 10.2 Å². The van der Waals surface area contributed by atoms with Crippen molar-refractivity contribution < 1.29 is 9.53 Å². The van der Waals surface area contributed by atoms with Gasteiger partial charge in [-0.1, -0.05) is 54.2 Å². The van der Waals surface area contributed by atoms with Gasteiger partial charge in [0.1, 0.15) is 11.6 Å². The van der Waals surface area contributed by atoms with Crippen LogP contribution in [0.3, 0.4) is 0 Å². The molecule has 178 valence electrons. The van der Waals surface area contributed by atoms with E-state index in [1.165, 1.54) is 5.56 Å². The average molecular weight is 485 g/mol. The number of aromatic nitrogens is 3. The Kier molecular flexibility index (Phi) is 7.14. The summed E-state index contributed by atoms with van der Waals surface area (Å²) >= 11 is 1.64. The number of ether oxygens (including phenoxy) is 1. The number of benzene rings is 3. The van der Waals surface area contributed by atoms with Gasteiger partial charge < -0.3 is 9.64 Å². The first kappa shape index (κ1) is 23.2. The van der Waals surface area contributed by atoms with Crippen molar-refractivity contribution in [2.75, 3.05) is 20.2 Å². The molecular formula is C28H28N4O2S. The third-order valence-electron chi connectivity index (χ3n) is 6.20. The molecule has 2 heterocycles. The van der Waals surface area contributed by atoms with E-state index < -0.39 is 0 Å². The van der Waals surface area contributed by atoms with E-state index in [4.69, 9.17) is 4.74 Å². The first-order valence-electron chi connectivity index (χ1n) is 11.8. The molecule has 4 aromatic rings. The number of carbonyl (C=O) groups is 1. The maximum absolute atomic E-state index is 12.6. The summed E-state index contributed by atoms with van der Waals surface area (Å²) in [6, 6.07) is 26.2. The molecule has 6 nitrogen and oxygen atoms in total. The van der Waals surface area contributed by atoms with Crippen LogP contribution in [-0.2, 0) is 12.2 Å². The Morgan fingerprint density at radius 2 is 1.60 bits per heavy atom. The number of rotatable bonds is 8. The van der Waals surface area contributed by atoms with Crippen LogP contribution < -0.4 is 4.74 Å². The molecule has 0 bridgehead atoms. The van der Waals surface area contributed by atoms with E-state index in [0.29, 0.717) is 6.42 Å². The topological polar surface area (TPSA) is 60.2 Å². The summed E-state index contributed by atoms with van der Waals surface area (Å²) in [4.78, 5) is 14.6. The van der Waals surface area contributed by atoms with E-state index in [9.17, 15) is 4.79 Å². The first-order chi connectivity index (χ1) is 17.2. The molecule has 1 amide bonds. The highest BCUT2D eigenvalue weighted by molar-refractivity contribution is 7.98. The Labute approximate surface area is 210 Å². The monoisotopic (exact) mass is 484 g/mol. The quantitative estimate of drug-likeness (QED) is 0.314. The van der Waals surface area contributed by atoms with Gasteiger partial charge in [-0.05, 0) is 60.4 Å². The summed E-state index contributed by atoms with van der Waals surface area (Å²) in [6.07, 6.45) is 2.89. The molecular weight excluding hydrogens is 456 g/mol. The number of nitrogens with zero attached hydrogens (tertiary/aromatic N) is 4. The molecule has 0 radical (unpaired) electrons. The number of hydrogen-bond acceptors (Lipinski definition) is 5. The molecule has 35 heavy (non-hydrogen) atoms. The zero-order valence-corrected chi connectivity index (χ0v) is 20.6. The van der Waals surface area contributed by atoms with E-state index in [0.717, 1.165) is 65.2 Å². The van der Waals surface area contributed by atoms with Gasteiger partial charge in [-0.25, -0.2) is 0 Å². The van der Waals surface area contributed by atoms with Crippen LogP contribution in [0, 0.1) is 0 Å². The van der Waals surface area contributed by atoms with Crippen LogP contribution in [0.5, 0.6) is 5.75 Å². The standard InChI is InChI=1S/C28H28N4O2S/c1-34-25-15-13-24(14-16-25)32-26(19-21-7-3-2-4-8-21)29-30-28(32)35-20-22-9-11-23(12-10-22)27(33)31-17-5-6-18-31/h2-4,7-16H,5-6,17-20H2,1H3. The lowest BCUT2D eigenvalue weighted by Gasteiger charge is -2.15. The lowest BCUT2D eigenvalue weighted by atomic mass is 10.1. The van der Waals surface area contributed by atoms with Gasteiger partial charge in [-0.3, -0.25) is 9.36 Å². The molecule has 0 saturated carbocycles. The van der Waals surface area contributed by atoms with Gasteiger partial charge in [0.15, 0.2) is 5.16 Å². The summed E-state index contributed by atoms with van der Waals surface area (Å²) in [7, 11) is 1.67. The van der Waals surface area contributed by atoms with Gasteiger partial charge in [0.05, 0.1) is 7.11 Å². The molecule has 1 aromatic heterocycles. The fourth-order valence-electron chi connectivity index (χ4n) is 4.27. The zero-order valence-electron chi connectivity index (χ0n) is 19.8. The highest BCUT2D eigenvalue weighted by Crippen LogP contribution is 2.27. The predicted molar refractivity (Wildman–Crippen MR) is 138 cm³/mol. The van der Waals surface area contributed by atoms with Crippen LogP contribution in [0.2, 0.25) is 0 Å². The maximum atomic E-state index is 12.6. The van der Waals surface area contributed by atoms with Gasteiger partial charge in [0.2, 0.25) is 0 Å². The fourth-order valence-corrected chi connectivity index (χ4v) is 5.20. The number of carbonyl (C=O) groups excluding carboxylic acids is 1. The molecule has 7 heteroatoms. The van der Waals surface area contributed by atoms with Crippen molar-refractivity contribution in [2.24, 2.45) is 0 Å². The Hall–Kier alpha value is -3.58. The molecule has 1 fully saturated rings. The Balaban J connectivity index is 1.35. The zero-order chi connectivity index (χ0) is 24.0. The molecule has 0 atom stereocenters. The Morgan fingerprint density at radius 3 is 2.29 bits per heavy atom. The van der Waals surface area contributed by atoms with Crippen molar-refractivity contribution in [3.8, 4) is 11.4 Å². The molecule has 3 aromatic carbocycles. The molecule has 0 N–H and O–H groups in total.